The fraction of sp³-hybridized carbons (Fsp3) is 0.545. The smallest absolute Gasteiger partial charge is 0.260 e. The average molecular weight is 257 g/mol. The van der Waals surface area contributed by atoms with Gasteiger partial charge in [-0.3, -0.25) is 0 Å². The van der Waals surface area contributed by atoms with Crippen molar-refractivity contribution in [3.8, 4) is 0 Å². The summed E-state index contributed by atoms with van der Waals surface area (Å²) in [6.07, 6.45) is 2.26. The molecule has 6 heteroatoms. The van der Waals surface area contributed by atoms with Crippen LogP contribution in [0.1, 0.15) is 25.8 Å². The molecule has 5 nitrogen and oxygen atoms in total. The summed E-state index contributed by atoms with van der Waals surface area (Å²) < 4.78 is 25.7. The van der Waals surface area contributed by atoms with Crippen molar-refractivity contribution in [3.63, 3.8) is 0 Å². The van der Waals surface area contributed by atoms with E-state index in [1.165, 1.54) is 16.6 Å². The molecule has 0 amide bonds. The number of hydrogen-bond acceptors (Lipinski definition) is 4. The summed E-state index contributed by atoms with van der Waals surface area (Å²) in [5, 5.41) is 0.0671. The largest absolute Gasteiger partial charge is 0.326 e. The first kappa shape index (κ1) is 14.1. The number of aromatic nitrogens is 1. The van der Waals surface area contributed by atoms with Crippen LogP contribution in [0.15, 0.2) is 23.4 Å². The van der Waals surface area contributed by atoms with Gasteiger partial charge in [-0.15, -0.1) is 0 Å². The number of nitrogens with zero attached hydrogens (tertiary/aromatic N) is 2. The first-order chi connectivity index (χ1) is 7.93. The Labute approximate surface area is 103 Å². The predicted molar refractivity (Wildman–Crippen MR) is 66.8 cm³/mol. The summed E-state index contributed by atoms with van der Waals surface area (Å²) in [4.78, 5) is 3.95. The lowest BCUT2D eigenvalue weighted by Gasteiger charge is -2.22. The molecule has 1 aromatic heterocycles. The van der Waals surface area contributed by atoms with Gasteiger partial charge in [0.2, 0.25) is 0 Å². The molecule has 0 radical (unpaired) electrons. The summed E-state index contributed by atoms with van der Waals surface area (Å²) in [6.45, 7) is 4.17. The Hall–Kier alpha value is -0.980. The highest BCUT2D eigenvalue weighted by molar-refractivity contribution is 7.89. The molecule has 1 atom stereocenters. The van der Waals surface area contributed by atoms with Gasteiger partial charge >= 0.3 is 0 Å². The van der Waals surface area contributed by atoms with Crippen LogP contribution in [0.3, 0.4) is 0 Å². The summed E-state index contributed by atoms with van der Waals surface area (Å²) in [5.74, 6) is 0. The van der Waals surface area contributed by atoms with Crippen LogP contribution in [-0.4, -0.2) is 30.8 Å². The monoisotopic (exact) mass is 257 g/mol. The van der Waals surface area contributed by atoms with Crippen LogP contribution in [0.4, 0.5) is 0 Å². The zero-order valence-electron chi connectivity index (χ0n) is 10.4. The van der Waals surface area contributed by atoms with Gasteiger partial charge in [-0.1, -0.05) is 13.0 Å². The van der Waals surface area contributed by atoms with Crippen LogP contribution in [0.25, 0.3) is 0 Å². The van der Waals surface area contributed by atoms with Gasteiger partial charge in [0, 0.05) is 25.8 Å². The first-order valence-corrected chi connectivity index (χ1v) is 7.00. The molecule has 96 valence electrons. The van der Waals surface area contributed by atoms with Gasteiger partial charge in [0.1, 0.15) is 0 Å². The highest BCUT2D eigenvalue weighted by Crippen LogP contribution is 2.15. The number of hydrogen-bond donors (Lipinski definition) is 1. The van der Waals surface area contributed by atoms with Crippen molar-refractivity contribution in [2.75, 3.05) is 7.05 Å². The van der Waals surface area contributed by atoms with E-state index in [4.69, 9.17) is 5.73 Å². The molecular weight excluding hydrogens is 238 g/mol. The van der Waals surface area contributed by atoms with Crippen molar-refractivity contribution in [1.29, 1.82) is 0 Å². The second-order valence-electron chi connectivity index (χ2n) is 3.99. The number of pyridine rings is 1. The molecule has 0 fully saturated rings. The number of rotatable bonds is 5. The van der Waals surface area contributed by atoms with Crippen LogP contribution in [-0.2, 0) is 16.6 Å². The van der Waals surface area contributed by atoms with E-state index in [2.05, 4.69) is 4.98 Å². The molecule has 1 rings (SSSR count). The highest BCUT2D eigenvalue weighted by atomic mass is 32.2. The van der Waals surface area contributed by atoms with Gasteiger partial charge in [-0.05, 0) is 25.0 Å². The maximum absolute atomic E-state index is 12.2. The fourth-order valence-corrected chi connectivity index (χ4v) is 2.67. The zero-order chi connectivity index (χ0) is 13.1. The first-order valence-electron chi connectivity index (χ1n) is 5.56. The molecule has 17 heavy (non-hydrogen) atoms. The lowest BCUT2D eigenvalue weighted by Crippen LogP contribution is -2.35. The third-order valence-corrected chi connectivity index (χ3v) is 4.78. The van der Waals surface area contributed by atoms with Gasteiger partial charge in [-0.2, -0.15) is 4.31 Å². The minimum Gasteiger partial charge on any atom is -0.326 e. The SMILES string of the molecule is CCC(C)N(C)S(=O)(=O)c1ccc(CN)cn1. The van der Waals surface area contributed by atoms with E-state index < -0.39 is 10.0 Å². The van der Waals surface area contributed by atoms with Gasteiger partial charge in [0.25, 0.3) is 10.0 Å². The van der Waals surface area contributed by atoms with Gasteiger partial charge < -0.3 is 5.73 Å². The van der Waals surface area contributed by atoms with Crippen molar-refractivity contribution in [2.24, 2.45) is 5.73 Å². The van der Waals surface area contributed by atoms with E-state index in [0.717, 1.165) is 12.0 Å². The Kier molecular flexibility index (Phi) is 4.62. The number of sulfonamides is 1. The fourth-order valence-electron chi connectivity index (χ4n) is 1.33. The second-order valence-corrected chi connectivity index (χ2v) is 5.93. The van der Waals surface area contributed by atoms with Gasteiger partial charge in [-0.25, -0.2) is 13.4 Å². The maximum Gasteiger partial charge on any atom is 0.260 e. The molecule has 0 aromatic carbocycles. The normalized spacial score (nSPS) is 13.9. The van der Waals surface area contributed by atoms with Crippen molar-refractivity contribution >= 4 is 10.0 Å². The lowest BCUT2D eigenvalue weighted by atomic mass is 10.3. The van der Waals surface area contributed by atoms with Gasteiger partial charge in [0.05, 0.1) is 0 Å². The molecule has 0 saturated heterocycles. The molecular formula is C11H19N3O2S. The van der Waals surface area contributed by atoms with Crippen LogP contribution in [0.5, 0.6) is 0 Å². The molecule has 0 saturated carbocycles. The average Bonchev–Trinajstić information content (AvgIpc) is 2.36. The summed E-state index contributed by atoms with van der Waals surface area (Å²) >= 11 is 0. The zero-order valence-corrected chi connectivity index (χ0v) is 11.2. The second kappa shape index (κ2) is 5.57. The third kappa shape index (κ3) is 3.02. The van der Waals surface area contributed by atoms with Crippen molar-refractivity contribution < 1.29 is 8.42 Å². The van der Waals surface area contributed by atoms with E-state index in [9.17, 15) is 8.42 Å². The molecule has 1 unspecified atom stereocenters. The Morgan fingerprint density at radius 3 is 2.53 bits per heavy atom. The summed E-state index contributed by atoms with van der Waals surface area (Å²) in [7, 11) is -1.92. The highest BCUT2D eigenvalue weighted by Gasteiger charge is 2.25. The van der Waals surface area contributed by atoms with E-state index >= 15 is 0 Å². The van der Waals surface area contributed by atoms with Crippen LogP contribution >= 0.6 is 0 Å². The minimum absolute atomic E-state index is 0.0454. The Morgan fingerprint density at radius 2 is 2.12 bits per heavy atom. The summed E-state index contributed by atoms with van der Waals surface area (Å²) in [5.41, 5.74) is 6.25. The standard InChI is InChI=1S/C11H19N3O2S/c1-4-9(2)14(3)17(15,16)11-6-5-10(7-12)8-13-11/h5-6,8-9H,4,7,12H2,1-3H3. The van der Waals surface area contributed by atoms with Crippen LogP contribution in [0, 0.1) is 0 Å². The molecule has 0 bridgehead atoms. The Bertz CT molecular complexity index is 456. The minimum atomic E-state index is -3.49. The van der Waals surface area contributed by atoms with E-state index in [1.54, 1.807) is 13.1 Å². The van der Waals surface area contributed by atoms with Crippen molar-refractivity contribution in [2.45, 2.75) is 37.9 Å². The lowest BCUT2D eigenvalue weighted by molar-refractivity contribution is 0.379. The number of nitrogens with two attached hydrogens (primary N) is 1. The van der Waals surface area contributed by atoms with Gasteiger partial charge in [0.15, 0.2) is 5.03 Å². The van der Waals surface area contributed by atoms with Crippen LogP contribution in [0.2, 0.25) is 0 Å². The van der Waals surface area contributed by atoms with E-state index in [1.807, 2.05) is 13.8 Å². The predicted octanol–water partition coefficient (Wildman–Crippen LogP) is 0.959. The van der Waals surface area contributed by atoms with E-state index in [-0.39, 0.29) is 11.1 Å². The maximum atomic E-state index is 12.2. The molecule has 1 aromatic rings. The molecule has 0 aliphatic carbocycles. The molecule has 0 spiro atoms. The topological polar surface area (TPSA) is 76.3 Å². The van der Waals surface area contributed by atoms with E-state index in [0.29, 0.717) is 6.54 Å². The third-order valence-electron chi connectivity index (χ3n) is 2.89. The Morgan fingerprint density at radius 1 is 1.47 bits per heavy atom. The molecule has 1 heterocycles. The quantitative estimate of drug-likeness (QED) is 0.852. The molecule has 2 N–H and O–H groups in total. The molecule has 0 aliphatic heterocycles. The summed E-state index contributed by atoms with van der Waals surface area (Å²) in [6, 6.07) is 3.14. The van der Waals surface area contributed by atoms with Crippen LogP contribution < -0.4 is 5.73 Å². The van der Waals surface area contributed by atoms with Crippen molar-refractivity contribution in [1.82, 2.24) is 9.29 Å². The Balaban J connectivity index is 3.04. The molecule has 0 aliphatic rings. The van der Waals surface area contributed by atoms with Crippen molar-refractivity contribution in [3.05, 3.63) is 23.9 Å².